The Bertz CT molecular complexity index is 1000. The van der Waals surface area contributed by atoms with E-state index in [9.17, 15) is 14.4 Å². The summed E-state index contributed by atoms with van der Waals surface area (Å²) >= 11 is 1.62. The molecule has 6 nitrogen and oxygen atoms in total. The summed E-state index contributed by atoms with van der Waals surface area (Å²) in [5, 5.41) is 7.90. The van der Waals surface area contributed by atoms with Crippen LogP contribution in [0, 0.1) is 0 Å². The average Bonchev–Trinajstić information content (AvgIpc) is 3.29. The lowest BCUT2D eigenvalue weighted by atomic mass is 9.80. The monoisotopic (exact) mass is 409 g/mol. The third kappa shape index (κ3) is 2.95. The number of nitrogens with zero attached hydrogens (tertiary/aromatic N) is 1. The zero-order valence-corrected chi connectivity index (χ0v) is 16.9. The molecule has 2 aromatic rings. The first kappa shape index (κ1) is 18.4. The van der Waals surface area contributed by atoms with E-state index >= 15 is 0 Å². The summed E-state index contributed by atoms with van der Waals surface area (Å²) in [6, 6.07) is 9.51. The van der Waals surface area contributed by atoms with Gasteiger partial charge in [0.1, 0.15) is 12.1 Å². The van der Waals surface area contributed by atoms with Crippen LogP contribution in [0.1, 0.15) is 53.3 Å². The van der Waals surface area contributed by atoms with Crippen molar-refractivity contribution in [2.45, 2.75) is 50.1 Å². The predicted octanol–water partition coefficient (Wildman–Crippen LogP) is 3.03. The van der Waals surface area contributed by atoms with Gasteiger partial charge in [0.25, 0.3) is 5.91 Å². The Morgan fingerprint density at radius 1 is 1.21 bits per heavy atom. The van der Waals surface area contributed by atoms with Crippen molar-refractivity contribution < 1.29 is 14.4 Å². The van der Waals surface area contributed by atoms with Gasteiger partial charge in [-0.3, -0.25) is 14.5 Å². The fourth-order valence-corrected chi connectivity index (χ4v) is 5.97. The molecule has 1 fully saturated rings. The first-order valence-electron chi connectivity index (χ1n) is 10.2. The van der Waals surface area contributed by atoms with Crippen molar-refractivity contribution in [3.63, 3.8) is 0 Å². The second-order valence-corrected chi connectivity index (χ2v) is 9.05. The van der Waals surface area contributed by atoms with Crippen molar-refractivity contribution in [2.24, 2.45) is 0 Å². The summed E-state index contributed by atoms with van der Waals surface area (Å²) in [7, 11) is 0. The van der Waals surface area contributed by atoms with Crippen molar-refractivity contribution in [1.82, 2.24) is 15.5 Å². The maximum atomic E-state index is 13.2. The van der Waals surface area contributed by atoms with Gasteiger partial charge in [-0.05, 0) is 61.1 Å². The minimum absolute atomic E-state index is 0.0691. The van der Waals surface area contributed by atoms with E-state index in [0.29, 0.717) is 6.42 Å². The van der Waals surface area contributed by atoms with Gasteiger partial charge in [0.2, 0.25) is 5.91 Å². The Balaban J connectivity index is 1.33. The maximum absolute atomic E-state index is 13.2. The Hall–Kier alpha value is -2.67. The number of hydrogen-bond donors (Lipinski definition) is 2. The molecule has 0 unspecified atom stereocenters. The number of urea groups is 1. The molecule has 2 heterocycles. The fourth-order valence-electron chi connectivity index (χ4n) is 4.97. The standard InChI is InChI=1S/C22H23N3O3S/c26-19(23-17-8-3-6-14-5-1-2-7-15(14)17)13-25-20(27)22(24-21(25)28)11-4-9-18-16(22)10-12-29-18/h1-2,5,7,10,12,17H,3-4,6,8-9,11,13H2,(H,23,26)(H,24,28)/t17-,22-/m1/s1. The van der Waals surface area contributed by atoms with Gasteiger partial charge in [-0.1, -0.05) is 24.3 Å². The number of benzene rings is 1. The van der Waals surface area contributed by atoms with Crippen LogP contribution in [0.3, 0.4) is 0 Å². The summed E-state index contributed by atoms with van der Waals surface area (Å²) in [4.78, 5) is 40.9. The largest absolute Gasteiger partial charge is 0.348 e. The van der Waals surface area contributed by atoms with Crippen molar-refractivity contribution in [3.8, 4) is 0 Å². The highest BCUT2D eigenvalue weighted by atomic mass is 32.1. The molecule has 1 aromatic heterocycles. The van der Waals surface area contributed by atoms with Gasteiger partial charge >= 0.3 is 6.03 Å². The first-order chi connectivity index (χ1) is 14.1. The van der Waals surface area contributed by atoms with E-state index in [1.165, 1.54) is 5.56 Å². The molecule has 7 heteroatoms. The normalized spacial score (nSPS) is 25.5. The van der Waals surface area contributed by atoms with Gasteiger partial charge in [-0.2, -0.15) is 0 Å². The number of fused-ring (bicyclic) bond motifs is 3. The zero-order valence-electron chi connectivity index (χ0n) is 16.1. The van der Waals surface area contributed by atoms with Crippen LogP contribution in [0.25, 0.3) is 0 Å². The van der Waals surface area contributed by atoms with Crippen molar-refractivity contribution in [1.29, 1.82) is 0 Å². The average molecular weight is 410 g/mol. The van der Waals surface area contributed by atoms with Gasteiger partial charge < -0.3 is 10.6 Å². The molecule has 3 aliphatic rings. The molecule has 5 rings (SSSR count). The van der Waals surface area contributed by atoms with E-state index in [4.69, 9.17) is 0 Å². The second kappa shape index (κ2) is 6.99. The van der Waals surface area contributed by atoms with Crippen molar-refractivity contribution >= 4 is 29.2 Å². The summed E-state index contributed by atoms with van der Waals surface area (Å²) in [6.45, 7) is -0.245. The Morgan fingerprint density at radius 3 is 2.97 bits per heavy atom. The third-order valence-electron chi connectivity index (χ3n) is 6.34. The number of carbonyl (C=O) groups is 3. The quantitative estimate of drug-likeness (QED) is 0.765. The van der Waals surface area contributed by atoms with Crippen LogP contribution in [-0.2, 0) is 28.0 Å². The topological polar surface area (TPSA) is 78.5 Å². The van der Waals surface area contributed by atoms with Crippen LogP contribution in [0.4, 0.5) is 4.79 Å². The second-order valence-electron chi connectivity index (χ2n) is 8.05. The minimum atomic E-state index is -0.998. The fraction of sp³-hybridized carbons (Fsp3) is 0.409. The van der Waals surface area contributed by atoms with E-state index < -0.39 is 11.6 Å². The summed E-state index contributed by atoms with van der Waals surface area (Å²) in [5.74, 6) is -0.602. The Labute approximate surface area is 173 Å². The lowest BCUT2D eigenvalue weighted by molar-refractivity contribution is -0.135. The molecule has 1 saturated heterocycles. The van der Waals surface area contributed by atoms with Gasteiger partial charge in [0.05, 0.1) is 6.04 Å². The molecular weight excluding hydrogens is 386 g/mol. The van der Waals surface area contributed by atoms with Crippen LogP contribution >= 0.6 is 11.3 Å². The van der Waals surface area contributed by atoms with Gasteiger partial charge in [0.15, 0.2) is 0 Å². The van der Waals surface area contributed by atoms with E-state index in [1.807, 2.05) is 29.6 Å². The maximum Gasteiger partial charge on any atom is 0.325 e. The highest BCUT2D eigenvalue weighted by molar-refractivity contribution is 7.10. The molecular formula is C22H23N3O3S. The predicted molar refractivity (Wildman–Crippen MR) is 109 cm³/mol. The molecule has 1 aliphatic heterocycles. The molecule has 0 saturated carbocycles. The van der Waals surface area contributed by atoms with Crippen LogP contribution in [0.2, 0.25) is 0 Å². The van der Waals surface area contributed by atoms with Crippen LogP contribution in [-0.4, -0.2) is 29.3 Å². The minimum Gasteiger partial charge on any atom is -0.348 e. The number of hydrogen-bond acceptors (Lipinski definition) is 4. The van der Waals surface area contributed by atoms with E-state index in [0.717, 1.165) is 53.0 Å². The molecule has 2 N–H and O–H groups in total. The number of aryl methyl sites for hydroxylation is 2. The molecule has 4 amide bonds. The Kier molecular flexibility index (Phi) is 4.42. The number of nitrogens with one attached hydrogen (secondary N) is 2. The Morgan fingerprint density at radius 2 is 2.07 bits per heavy atom. The number of imide groups is 1. The van der Waals surface area contributed by atoms with Gasteiger partial charge in [0, 0.05) is 10.4 Å². The van der Waals surface area contributed by atoms with Crippen LogP contribution in [0.15, 0.2) is 35.7 Å². The molecule has 2 atom stereocenters. The van der Waals surface area contributed by atoms with Crippen molar-refractivity contribution in [3.05, 3.63) is 57.3 Å². The van der Waals surface area contributed by atoms with Gasteiger partial charge in [-0.25, -0.2) is 4.79 Å². The molecule has 29 heavy (non-hydrogen) atoms. The SMILES string of the molecule is O=C(CN1C(=O)N[C@@]2(CCCc3sccc32)C1=O)N[C@@H]1CCCc2ccccc21. The van der Waals surface area contributed by atoms with E-state index in [1.54, 1.807) is 11.3 Å². The van der Waals surface area contributed by atoms with Crippen LogP contribution < -0.4 is 10.6 Å². The molecule has 1 aromatic carbocycles. The van der Waals surface area contributed by atoms with Crippen molar-refractivity contribution in [2.75, 3.05) is 6.54 Å². The smallest absolute Gasteiger partial charge is 0.325 e. The highest BCUT2D eigenvalue weighted by Gasteiger charge is 2.54. The number of amides is 4. The molecule has 0 bridgehead atoms. The lowest BCUT2D eigenvalue weighted by Gasteiger charge is -2.31. The number of rotatable bonds is 3. The van der Waals surface area contributed by atoms with E-state index in [-0.39, 0.29) is 24.4 Å². The summed E-state index contributed by atoms with van der Waals surface area (Å²) in [5.41, 5.74) is 2.29. The highest BCUT2D eigenvalue weighted by Crippen LogP contribution is 2.42. The third-order valence-corrected chi connectivity index (χ3v) is 7.32. The molecule has 2 aliphatic carbocycles. The molecule has 150 valence electrons. The lowest BCUT2D eigenvalue weighted by Crippen LogP contribution is -2.47. The number of carbonyl (C=O) groups excluding carboxylic acids is 3. The molecule has 1 spiro atoms. The summed E-state index contributed by atoms with van der Waals surface area (Å²) in [6.07, 6.45) is 5.24. The van der Waals surface area contributed by atoms with E-state index in [2.05, 4.69) is 16.7 Å². The first-order valence-corrected chi connectivity index (χ1v) is 11.0. The van der Waals surface area contributed by atoms with Crippen LogP contribution in [0.5, 0.6) is 0 Å². The zero-order chi connectivity index (χ0) is 20.0. The number of thiophene rings is 1. The summed E-state index contributed by atoms with van der Waals surface area (Å²) < 4.78 is 0. The van der Waals surface area contributed by atoms with Gasteiger partial charge in [-0.15, -0.1) is 11.3 Å². The molecule has 0 radical (unpaired) electrons.